The van der Waals surface area contributed by atoms with Gasteiger partial charge in [0.05, 0.1) is 0 Å². The maximum atomic E-state index is 5.89. The van der Waals surface area contributed by atoms with E-state index in [1.165, 1.54) is 10.4 Å². The Morgan fingerprint density at radius 3 is 3.00 bits per heavy atom. The molecule has 0 spiro atoms. The largest absolute Gasteiger partial charge is 0.323 e. The summed E-state index contributed by atoms with van der Waals surface area (Å²) in [7, 11) is 0. The fourth-order valence-corrected chi connectivity index (χ4v) is 1.99. The summed E-state index contributed by atoms with van der Waals surface area (Å²) in [6.45, 7) is 5.76. The van der Waals surface area contributed by atoms with Crippen LogP contribution >= 0.6 is 11.3 Å². The molecule has 0 aromatic carbocycles. The molecule has 1 aromatic rings. The van der Waals surface area contributed by atoms with E-state index in [1.54, 1.807) is 11.3 Å². The minimum Gasteiger partial charge on any atom is -0.323 e. The van der Waals surface area contributed by atoms with Crippen molar-refractivity contribution < 1.29 is 0 Å². The van der Waals surface area contributed by atoms with E-state index in [1.807, 2.05) is 6.08 Å². The zero-order chi connectivity index (χ0) is 8.27. The highest BCUT2D eigenvalue weighted by Gasteiger charge is 2.07. The minimum absolute atomic E-state index is 0.146. The number of rotatable bonds is 3. The van der Waals surface area contributed by atoms with Crippen LogP contribution < -0.4 is 5.73 Å². The summed E-state index contributed by atoms with van der Waals surface area (Å²) in [5.74, 6) is 0. The molecule has 0 aliphatic rings. The van der Waals surface area contributed by atoms with Gasteiger partial charge in [-0.3, -0.25) is 0 Å². The van der Waals surface area contributed by atoms with Crippen LogP contribution in [0.2, 0.25) is 0 Å². The highest BCUT2D eigenvalue weighted by Crippen LogP contribution is 2.24. The van der Waals surface area contributed by atoms with Crippen LogP contribution in [0, 0.1) is 6.92 Å². The molecule has 1 nitrogen and oxygen atoms in total. The van der Waals surface area contributed by atoms with Crippen molar-refractivity contribution in [2.45, 2.75) is 19.4 Å². The molecule has 11 heavy (non-hydrogen) atoms. The van der Waals surface area contributed by atoms with Gasteiger partial charge in [0.2, 0.25) is 0 Å². The van der Waals surface area contributed by atoms with Crippen LogP contribution in [0.3, 0.4) is 0 Å². The second-order valence-electron chi connectivity index (χ2n) is 2.60. The van der Waals surface area contributed by atoms with Crippen molar-refractivity contribution in [3.63, 3.8) is 0 Å². The molecule has 0 aliphatic heterocycles. The van der Waals surface area contributed by atoms with Gasteiger partial charge < -0.3 is 5.73 Å². The predicted molar refractivity (Wildman–Crippen MR) is 50.8 cm³/mol. The highest BCUT2D eigenvalue weighted by molar-refractivity contribution is 7.10. The van der Waals surface area contributed by atoms with Gasteiger partial charge in [0, 0.05) is 10.9 Å². The van der Waals surface area contributed by atoms with E-state index in [0.29, 0.717) is 0 Å². The van der Waals surface area contributed by atoms with E-state index in [2.05, 4.69) is 24.9 Å². The quantitative estimate of drug-likeness (QED) is 0.688. The third-order valence-corrected chi connectivity index (χ3v) is 2.81. The van der Waals surface area contributed by atoms with E-state index < -0.39 is 0 Å². The molecule has 1 heterocycles. The molecule has 1 rings (SSSR count). The summed E-state index contributed by atoms with van der Waals surface area (Å²) in [6, 6.07) is 2.25. The zero-order valence-corrected chi connectivity index (χ0v) is 7.53. The van der Waals surface area contributed by atoms with Crippen LogP contribution in [-0.4, -0.2) is 0 Å². The van der Waals surface area contributed by atoms with E-state index in [4.69, 9.17) is 5.73 Å². The first-order valence-corrected chi connectivity index (χ1v) is 4.54. The van der Waals surface area contributed by atoms with Gasteiger partial charge in [-0.1, -0.05) is 6.08 Å². The Kier molecular flexibility index (Phi) is 2.85. The molecule has 0 bridgehead atoms. The third kappa shape index (κ3) is 1.91. The molecular weight excluding hydrogens is 154 g/mol. The Morgan fingerprint density at radius 1 is 1.82 bits per heavy atom. The monoisotopic (exact) mass is 167 g/mol. The number of nitrogens with two attached hydrogens (primary N) is 1. The van der Waals surface area contributed by atoms with Gasteiger partial charge in [0.25, 0.3) is 0 Å². The Balaban J connectivity index is 2.74. The number of hydrogen-bond donors (Lipinski definition) is 1. The summed E-state index contributed by atoms with van der Waals surface area (Å²) in [5, 5.41) is 2.08. The Labute approximate surface area is 71.5 Å². The van der Waals surface area contributed by atoms with Gasteiger partial charge in [0.1, 0.15) is 0 Å². The molecule has 0 saturated carbocycles. The maximum absolute atomic E-state index is 5.89. The molecule has 1 aromatic heterocycles. The summed E-state index contributed by atoms with van der Waals surface area (Å²) >= 11 is 1.72. The first-order chi connectivity index (χ1) is 5.25. The average Bonchev–Trinajstić information content (AvgIpc) is 2.36. The molecule has 0 amide bonds. The normalized spacial score (nSPS) is 12.9. The van der Waals surface area contributed by atoms with Crippen LogP contribution in [0.4, 0.5) is 0 Å². The summed E-state index contributed by atoms with van der Waals surface area (Å²) in [4.78, 5) is 1.28. The smallest absolute Gasteiger partial charge is 0.0427 e. The van der Waals surface area contributed by atoms with Gasteiger partial charge in [-0.05, 0) is 30.4 Å². The average molecular weight is 167 g/mol. The van der Waals surface area contributed by atoms with Crippen LogP contribution in [0.15, 0.2) is 24.1 Å². The molecule has 0 unspecified atom stereocenters. The lowest BCUT2D eigenvalue weighted by Crippen LogP contribution is -2.07. The Morgan fingerprint density at radius 2 is 2.55 bits per heavy atom. The summed E-state index contributed by atoms with van der Waals surface area (Å²) < 4.78 is 0. The van der Waals surface area contributed by atoms with Crippen molar-refractivity contribution in [2.75, 3.05) is 0 Å². The fourth-order valence-electron chi connectivity index (χ4n) is 1.05. The van der Waals surface area contributed by atoms with Crippen molar-refractivity contribution in [3.8, 4) is 0 Å². The second kappa shape index (κ2) is 3.69. The van der Waals surface area contributed by atoms with Crippen molar-refractivity contribution in [2.24, 2.45) is 5.73 Å². The lowest BCUT2D eigenvalue weighted by Gasteiger charge is -2.06. The first kappa shape index (κ1) is 8.50. The fraction of sp³-hybridized carbons (Fsp3) is 0.333. The standard InChI is InChI=1S/C9H13NS/c1-3-4-8(10)9-7(2)5-6-11-9/h3,5-6,8H,1,4,10H2,2H3/t8-/m1/s1. The molecule has 1 atom stereocenters. The molecule has 0 aliphatic carbocycles. The molecule has 60 valence electrons. The lowest BCUT2D eigenvalue weighted by atomic mass is 10.1. The Hall–Kier alpha value is -0.600. The van der Waals surface area contributed by atoms with E-state index in [0.717, 1.165) is 6.42 Å². The van der Waals surface area contributed by atoms with E-state index >= 15 is 0 Å². The third-order valence-electron chi connectivity index (χ3n) is 1.66. The van der Waals surface area contributed by atoms with Gasteiger partial charge in [-0.25, -0.2) is 0 Å². The molecule has 2 N–H and O–H groups in total. The van der Waals surface area contributed by atoms with Crippen molar-refractivity contribution in [3.05, 3.63) is 34.5 Å². The molecule has 0 saturated heterocycles. The Bertz CT molecular complexity index is 239. The highest BCUT2D eigenvalue weighted by atomic mass is 32.1. The van der Waals surface area contributed by atoms with E-state index in [-0.39, 0.29) is 6.04 Å². The van der Waals surface area contributed by atoms with Crippen molar-refractivity contribution in [1.82, 2.24) is 0 Å². The van der Waals surface area contributed by atoms with Gasteiger partial charge in [0.15, 0.2) is 0 Å². The number of thiophene rings is 1. The number of hydrogen-bond acceptors (Lipinski definition) is 2. The van der Waals surface area contributed by atoms with Crippen LogP contribution in [-0.2, 0) is 0 Å². The number of aryl methyl sites for hydroxylation is 1. The molecule has 0 radical (unpaired) electrons. The zero-order valence-electron chi connectivity index (χ0n) is 6.71. The second-order valence-corrected chi connectivity index (χ2v) is 3.55. The molecular formula is C9H13NS. The van der Waals surface area contributed by atoms with Crippen LogP contribution in [0.25, 0.3) is 0 Å². The van der Waals surface area contributed by atoms with Crippen LogP contribution in [0.1, 0.15) is 22.9 Å². The SMILES string of the molecule is C=CC[C@@H](N)c1sccc1C. The molecule has 0 fully saturated rings. The van der Waals surface area contributed by atoms with Crippen molar-refractivity contribution >= 4 is 11.3 Å². The molecule has 2 heteroatoms. The van der Waals surface area contributed by atoms with Gasteiger partial charge in [-0.15, -0.1) is 17.9 Å². The summed E-state index contributed by atoms with van der Waals surface area (Å²) in [6.07, 6.45) is 2.73. The first-order valence-electron chi connectivity index (χ1n) is 3.66. The lowest BCUT2D eigenvalue weighted by molar-refractivity contribution is 0.753. The van der Waals surface area contributed by atoms with Crippen LogP contribution in [0.5, 0.6) is 0 Å². The maximum Gasteiger partial charge on any atom is 0.0427 e. The van der Waals surface area contributed by atoms with Crippen molar-refractivity contribution in [1.29, 1.82) is 0 Å². The topological polar surface area (TPSA) is 26.0 Å². The van der Waals surface area contributed by atoms with E-state index in [9.17, 15) is 0 Å². The minimum atomic E-state index is 0.146. The van der Waals surface area contributed by atoms with Gasteiger partial charge >= 0.3 is 0 Å². The summed E-state index contributed by atoms with van der Waals surface area (Å²) in [5.41, 5.74) is 7.19. The van der Waals surface area contributed by atoms with Gasteiger partial charge in [-0.2, -0.15) is 0 Å². The predicted octanol–water partition coefficient (Wildman–Crippen LogP) is 2.63.